The predicted molar refractivity (Wildman–Crippen MR) is 94.8 cm³/mol. The van der Waals surface area contributed by atoms with Gasteiger partial charge in [0.05, 0.1) is 10.8 Å². The molecule has 0 bridgehead atoms. The minimum absolute atomic E-state index is 0.322. The fraction of sp³-hybridized carbons (Fsp3) is 0.857. The quantitative estimate of drug-likeness (QED) is 0.740. The second-order valence-corrected chi connectivity index (χ2v) is 8.40. The van der Waals surface area contributed by atoms with E-state index in [1.807, 2.05) is 0 Å². The van der Waals surface area contributed by atoms with Crippen LogP contribution in [0.25, 0.3) is 0 Å². The summed E-state index contributed by atoms with van der Waals surface area (Å²) in [6, 6.07) is 0. The summed E-state index contributed by atoms with van der Waals surface area (Å²) in [4.78, 5) is 26.8. The van der Waals surface area contributed by atoms with Gasteiger partial charge in [-0.2, -0.15) is 0 Å². The van der Waals surface area contributed by atoms with Gasteiger partial charge in [-0.15, -0.1) is 0 Å². The van der Waals surface area contributed by atoms with Gasteiger partial charge in [-0.05, 0) is 25.7 Å². The van der Waals surface area contributed by atoms with Crippen LogP contribution in [0.4, 0.5) is 9.59 Å². The SMILES string of the molecule is O=C(S)N1CCCCCC1S(=O)C1CCCCCN1C(=O)S. The lowest BCUT2D eigenvalue weighted by molar-refractivity contribution is 0.213. The number of carbonyl (C=O) groups is 2. The molecule has 0 radical (unpaired) electrons. The largest absolute Gasteiger partial charge is 0.319 e. The molecule has 2 saturated heterocycles. The number of likely N-dealkylation sites (tertiary alicyclic amines) is 2. The van der Waals surface area contributed by atoms with E-state index in [-0.39, 0.29) is 21.2 Å². The van der Waals surface area contributed by atoms with Crippen molar-refractivity contribution in [3.8, 4) is 0 Å². The third-order valence-corrected chi connectivity index (χ3v) is 6.99. The smallest absolute Gasteiger partial charge is 0.279 e. The van der Waals surface area contributed by atoms with Crippen LogP contribution < -0.4 is 0 Å². The molecule has 0 aliphatic carbocycles. The molecule has 2 heterocycles. The predicted octanol–water partition coefficient (Wildman–Crippen LogP) is 3.24. The van der Waals surface area contributed by atoms with E-state index in [0.717, 1.165) is 38.5 Å². The molecular formula is C14H24N2O3S3. The maximum absolute atomic E-state index is 13.1. The van der Waals surface area contributed by atoms with E-state index in [0.29, 0.717) is 25.9 Å². The Labute approximate surface area is 145 Å². The molecule has 8 heteroatoms. The molecule has 0 saturated carbocycles. The lowest BCUT2D eigenvalue weighted by atomic mass is 10.2. The molecular weight excluding hydrogens is 340 g/mol. The molecule has 2 aliphatic heterocycles. The van der Waals surface area contributed by atoms with Gasteiger partial charge in [-0.25, -0.2) is 0 Å². The number of thiol groups is 2. The normalized spacial score (nSPS) is 28.6. The zero-order chi connectivity index (χ0) is 16.1. The highest BCUT2D eigenvalue weighted by molar-refractivity contribution is 7.97. The van der Waals surface area contributed by atoms with Crippen LogP contribution in [0, 0.1) is 0 Å². The van der Waals surface area contributed by atoms with Crippen LogP contribution in [0.1, 0.15) is 51.4 Å². The molecule has 22 heavy (non-hydrogen) atoms. The number of hydrogen-bond donors (Lipinski definition) is 2. The fourth-order valence-corrected chi connectivity index (χ4v) is 5.96. The first kappa shape index (κ1) is 18.1. The zero-order valence-corrected chi connectivity index (χ0v) is 15.3. The molecule has 2 unspecified atom stereocenters. The van der Waals surface area contributed by atoms with Crippen LogP contribution in [0.5, 0.6) is 0 Å². The van der Waals surface area contributed by atoms with Crippen molar-refractivity contribution in [2.45, 2.75) is 62.1 Å². The summed E-state index contributed by atoms with van der Waals surface area (Å²) in [5.74, 6) is 0. The lowest BCUT2D eigenvalue weighted by Gasteiger charge is -2.34. The Morgan fingerprint density at radius 2 is 1.18 bits per heavy atom. The maximum Gasteiger partial charge on any atom is 0.279 e. The summed E-state index contributed by atoms with van der Waals surface area (Å²) in [6.07, 6.45) is 7.23. The summed E-state index contributed by atoms with van der Waals surface area (Å²) in [7, 11) is -1.30. The molecule has 0 aromatic rings. The highest BCUT2D eigenvalue weighted by Crippen LogP contribution is 2.28. The zero-order valence-electron chi connectivity index (χ0n) is 12.6. The lowest BCUT2D eigenvalue weighted by Crippen LogP contribution is -2.48. The van der Waals surface area contributed by atoms with Crippen molar-refractivity contribution in [1.82, 2.24) is 9.80 Å². The first-order valence-corrected chi connectivity index (χ1v) is 10.1. The summed E-state index contributed by atoms with van der Waals surface area (Å²) in [6.45, 7) is 1.20. The summed E-state index contributed by atoms with van der Waals surface area (Å²) in [5.41, 5.74) is 0. The Balaban J connectivity index is 2.21. The molecule has 2 rings (SSSR count). The number of hydrogen-bond acceptors (Lipinski definition) is 3. The van der Waals surface area contributed by atoms with Gasteiger partial charge in [0, 0.05) is 13.1 Å². The fourth-order valence-electron chi connectivity index (χ4n) is 3.26. The van der Waals surface area contributed by atoms with E-state index in [9.17, 15) is 13.8 Å². The van der Waals surface area contributed by atoms with E-state index < -0.39 is 10.8 Å². The Bertz CT molecular complexity index is 409. The highest BCUT2D eigenvalue weighted by Gasteiger charge is 2.37. The van der Waals surface area contributed by atoms with Gasteiger partial charge in [0.2, 0.25) is 0 Å². The minimum Gasteiger partial charge on any atom is -0.319 e. The highest BCUT2D eigenvalue weighted by atomic mass is 32.2. The van der Waals surface area contributed by atoms with Crippen molar-refractivity contribution in [3.63, 3.8) is 0 Å². The second kappa shape index (κ2) is 8.59. The standard InChI is InChI=1S/C14H24N2O3S3/c17-13(20)15-9-5-1-3-7-11(15)22(19)12-8-4-2-6-10-16(12)14(18)21/h11-12H,1-10H2,(H,17,20)(H,18,21). The summed E-state index contributed by atoms with van der Waals surface area (Å²) in [5, 5.41) is -1.33. The van der Waals surface area contributed by atoms with E-state index >= 15 is 0 Å². The van der Waals surface area contributed by atoms with Gasteiger partial charge < -0.3 is 9.80 Å². The van der Waals surface area contributed by atoms with Crippen molar-refractivity contribution in [2.75, 3.05) is 13.1 Å². The first-order valence-electron chi connectivity index (χ1n) is 7.91. The average Bonchev–Trinajstić information content (AvgIpc) is 2.86. The van der Waals surface area contributed by atoms with E-state index in [1.54, 1.807) is 9.80 Å². The molecule has 2 aliphatic rings. The third kappa shape index (κ3) is 4.41. The Morgan fingerprint density at radius 1 is 0.773 bits per heavy atom. The Morgan fingerprint density at radius 3 is 1.55 bits per heavy atom. The van der Waals surface area contributed by atoms with E-state index in [4.69, 9.17) is 0 Å². The monoisotopic (exact) mass is 364 g/mol. The second-order valence-electron chi connectivity index (χ2n) is 5.89. The van der Waals surface area contributed by atoms with Crippen LogP contribution in [0.15, 0.2) is 0 Å². The van der Waals surface area contributed by atoms with Crippen molar-refractivity contribution in [1.29, 1.82) is 0 Å². The van der Waals surface area contributed by atoms with Crippen molar-refractivity contribution < 1.29 is 13.8 Å². The molecule has 0 spiro atoms. The topological polar surface area (TPSA) is 57.7 Å². The van der Waals surface area contributed by atoms with Crippen LogP contribution in [-0.4, -0.2) is 48.3 Å². The molecule has 2 fully saturated rings. The van der Waals surface area contributed by atoms with E-state index in [2.05, 4.69) is 25.3 Å². The summed E-state index contributed by atoms with van der Waals surface area (Å²) >= 11 is 7.90. The Hall–Kier alpha value is -0.210. The average molecular weight is 365 g/mol. The van der Waals surface area contributed by atoms with E-state index in [1.165, 1.54) is 0 Å². The van der Waals surface area contributed by atoms with Crippen molar-refractivity contribution >= 4 is 46.5 Å². The van der Waals surface area contributed by atoms with Crippen LogP contribution in [-0.2, 0) is 10.8 Å². The van der Waals surface area contributed by atoms with Gasteiger partial charge >= 0.3 is 0 Å². The molecule has 5 nitrogen and oxygen atoms in total. The molecule has 0 aromatic carbocycles. The van der Waals surface area contributed by atoms with Gasteiger partial charge in [0.25, 0.3) is 10.5 Å². The van der Waals surface area contributed by atoms with Gasteiger partial charge in [-0.1, -0.05) is 50.9 Å². The molecule has 0 aromatic heterocycles. The minimum atomic E-state index is -1.30. The van der Waals surface area contributed by atoms with Gasteiger partial charge in [0.15, 0.2) is 0 Å². The number of nitrogens with zero attached hydrogens (tertiary/aromatic N) is 2. The van der Waals surface area contributed by atoms with Crippen LogP contribution in [0.3, 0.4) is 0 Å². The molecule has 126 valence electrons. The number of amides is 2. The van der Waals surface area contributed by atoms with Gasteiger partial charge in [-0.3, -0.25) is 13.8 Å². The summed E-state index contributed by atoms with van der Waals surface area (Å²) < 4.78 is 13.1. The van der Waals surface area contributed by atoms with Crippen LogP contribution >= 0.6 is 25.3 Å². The maximum atomic E-state index is 13.1. The third-order valence-electron chi connectivity index (χ3n) is 4.42. The van der Waals surface area contributed by atoms with Gasteiger partial charge in [0.1, 0.15) is 10.7 Å². The molecule has 0 N–H and O–H groups in total. The van der Waals surface area contributed by atoms with Crippen molar-refractivity contribution in [2.24, 2.45) is 0 Å². The molecule has 2 amide bonds. The number of carbonyl (C=O) groups excluding carboxylic acids is 2. The van der Waals surface area contributed by atoms with Crippen LogP contribution in [0.2, 0.25) is 0 Å². The first-order chi connectivity index (χ1) is 10.5. The Kier molecular flexibility index (Phi) is 7.08. The van der Waals surface area contributed by atoms with Crippen molar-refractivity contribution in [3.05, 3.63) is 0 Å². The number of rotatable bonds is 2. The molecule has 2 atom stereocenters.